The molecule has 2 rings (SSSR count). The minimum atomic E-state index is -4.13. The number of aliphatic hydroxyl groups is 1. The van der Waals surface area contributed by atoms with Crippen LogP contribution in [0, 0.1) is 5.92 Å². The molecular weight excluding hydrogens is 243 g/mol. The number of likely N-dealkylation sites (tertiary alicyclic amines) is 1. The second kappa shape index (κ2) is 5.78. The van der Waals surface area contributed by atoms with Gasteiger partial charge in [0.2, 0.25) is 0 Å². The largest absolute Gasteiger partial charge is 0.393 e. The van der Waals surface area contributed by atoms with Crippen LogP contribution in [0.1, 0.15) is 44.9 Å². The SMILES string of the molecule is OC1CCC(C(F)(F)F)C(N2CCCCCC2)C1. The fraction of sp³-hybridized carbons (Fsp3) is 1.00. The smallest absolute Gasteiger partial charge is 0.393 e. The molecular formula is C13H22F3NO. The molecule has 1 aliphatic heterocycles. The predicted octanol–water partition coefficient (Wildman–Crippen LogP) is 2.95. The number of hydrogen-bond acceptors (Lipinski definition) is 2. The molecule has 18 heavy (non-hydrogen) atoms. The first-order valence-corrected chi connectivity index (χ1v) is 6.97. The molecule has 5 heteroatoms. The van der Waals surface area contributed by atoms with Crippen LogP contribution < -0.4 is 0 Å². The lowest BCUT2D eigenvalue weighted by Crippen LogP contribution is -2.50. The highest BCUT2D eigenvalue weighted by atomic mass is 19.4. The summed E-state index contributed by atoms with van der Waals surface area (Å²) < 4.78 is 39.2. The van der Waals surface area contributed by atoms with Gasteiger partial charge in [0.15, 0.2) is 0 Å². The van der Waals surface area contributed by atoms with Crippen molar-refractivity contribution in [3.05, 3.63) is 0 Å². The first kappa shape index (κ1) is 14.1. The maximum absolute atomic E-state index is 13.1. The van der Waals surface area contributed by atoms with Gasteiger partial charge >= 0.3 is 6.18 Å². The van der Waals surface area contributed by atoms with Crippen molar-refractivity contribution in [2.75, 3.05) is 13.1 Å². The van der Waals surface area contributed by atoms with E-state index in [9.17, 15) is 18.3 Å². The second-order valence-corrected chi connectivity index (χ2v) is 5.63. The average molecular weight is 265 g/mol. The lowest BCUT2D eigenvalue weighted by Gasteiger charge is -2.41. The van der Waals surface area contributed by atoms with Gasteiger partial charge in [0.25, 0.3) is 0 Å². The zero-order chi connectivity index (χ0) is 13.2. The molecule has 0 aromatic carbocycles. The monoisotopic (exact) mass is 265 g/mol. The molecule has 0 spiro atoms. The Morgan fingerprint density at radius 1 is 0.944 bits per heavy atom. The molecule has 1 aliphatic carbocycles. The summed E-state index contributed by atoms with van der Waals surface area (Å²) in [4.78, 5) is 1.98. The van der Waals surface area contributed by atoms with Crippen molar-refractivity contribution in [2.45, 2.75) is 63.3 Å². The third-order valence-corrected chi connectivity index (χ3v) is 4.32. The van der Waals surface area contributed by atoms with Crippen LogP contribution in [-0.2, 0) is 0 Å². The summed E-state index contributed by atoms with van der Waals surface area (Å²) in [7, 11) is 0. The van der Waals surface area contributed by atoms with Gasteiger partial charge in [0.1, 0.15) is 0 Å². The van der Waals surface area contributed by atoms with Crippen LogP contribution in [0.2, 0.25) is 0 Å². The Kier molecular flexibility index (Phi) is 4.54. The number of rotatable bonds is 1. The highest BCUT2D eigenvalue weighted by Gasteiger charge is 2.48. The van der Waals surface area contributed by atoms with E-state index in [0.717, 1.165) is 38.8 Å². The van der Waals surface area contributed by atoms with Gasteiger partial charge in [-0.15, -0.1) is 0 Å². The Bertz CT molecular complexity index is 261. The van der Waals surface area contributed by atoms with Crippen molar-refractivity contribution >= 4 is 0 Å². The van der Waals surface area contributed by atoms with Crippen molar-refractivity contribution in [3.8, 4) is 0 Å². The molecule has 2 aliphatic rings. The van der Waals surface area contributed by atoms with Crippen molar-refractivity contribution in [1.29, 1.82) is 0 Å². The van der Waals surface area contributed by atoms with Crippen molar-refractivity contribution < 1.29 is 18.3 Å². The zero-order valence-corrected chi connectivity index (χ0v) is 10.6. The molecule has 1 N–H and O–H groups in total. The van der Waals surface area contributed by atoms with Gasteiger partial charge in [-0.25, -0.2) is 0 Å². The summed E-state index contributed by atoms with van der Waals surface area (Å²) in [5.74, 6) is -1.25. The highest BCUT2D eigenvalue weighted by molar-refractivity contribution is 4.91. The Labute approximate surface area is 106 Å². The Morgan fingerprint density at radius 3 is 2.11 bits per heavy atom. The van der Waals surface area contributed by atoms with E-state index in [1.165, 1.54) is 0 Å². The molecule has 2 nitrogen and oxygen atoms in total. The summed E-state index contributed by atoms with van der Waals surface area (Å²) in [6.45, 7) is 1.51. The van der Waals surface area contributed by atoms with Crippen molar-refractivity contribution in [2.24, 2.45) is 5.92 Å². The molecule has 0 aromatic heterocycles. The van der Waals surface area contributed by atoms with Crippen LogP contribution in [0.4, 0.5) is 13.2 Å². The van der Waals surface area contributed by atoms with Gasteiger partial charge in [-0.3, -0.25) is 4.90 Å². The van der Waals surface area contributed by atoms with E-state index >= 15 is 0 Å². The van der Waals surface area contributed by atoms with Crippen LogP contribution in [0.5, 0.6) is 0 Å². The maximum Gasteiger partial charge on any atom is 0.393 e. The van der Waals surface area contributed by atoms with Crippen LogP contribution in [0.25, 0.3) is 0 Å². The molecule has 0 bridgehead atoms. The van der Waals surface area contributed by atoms with Gasteiger partial charge in [-0.2, -0.15) is 13.2 Å². The molecule has 2 fully saturated rings. The van der Waals surface area contributed by atoms with Gasteiger partial charge in [-0.05, 0) is 45.2 Å². The van der Waals surface area contributed by atoms with Crippen LogP contribution in [0.15, 0.2) is 0 Å². The molecule has 1 heterocycles. The van der Waals surface area contributed by atoms with Crippen molar-refractivity contribution in [3.63, 3.8) is 0 Å². The highest BCUT2D eigenvalue weighted by Crippen LogP contribution is 2.40. The Hall–Kier alpha value is -0.290. The van der Waals surface area contributed by atoms with Gasteiger partial charge in [0, 0.05) is 6.04 Å². The fourth-order valence-corrected chi connectivity index (χ4v) is 3.34. The van der Waals surface area contributed by atoms with Crippen LogP contribution >= 0.6 is 0 Å². The summed E-state index contributed by atoms with van der Waals surface area (Å²) in [6, 6.07) is -0.508. The Balaban J connectivity index is 2.08. The van der Waals surface area contributed by atoms with E-state index < -0.39 is 24.2 Å². The van der Waals surface area contributed by atoms with Gasteiger partial charge in [0.05, 0.1) is 12.0 Å². The first-order valence-electron chi connectivity index (χ1n) is 6.97. The summed E-state index contributed by atoms with van der Waals surface area (Å²) in [6.07, 6.45) is 0.151. The lowest BCUT2D eigenvalue weighted by atomic mass is 9.81. The second-order valence-electron chi connectivity index (χ2n) is 5.63. The van der Waals surface area contributed by atoms with E-state index in [0.29, 0.717) is 0 Å². The van der Waals surface area contributed by atoms with E-state index in [1.807, 2.05) is 4.90 Å². The van der Waals surface area contributed by atoms with E-state index in [4.69, 9.17) is 0 Å². The van der Waals surface area contributed by atoms with Crippen LogP contribution in [-0.4, -0.2) is 41.4 Å². The number of aliphatic hydroxyl groups excluding tert-OH is 1. The summed E-state index contributed by atoms with van der Waals surface area (Å²) in [5, 5.41) is 9.67. The normalized spacial score (nSPS) is 36.3. The zero-order valence-electron chi connectivity index (χ0n) is 10.6. The third kappa shape index (κ3) is 3.38. The predicted molar refractivity (Wildman–Crippen MR) is 63.2 cm³/mol. The minimum Gasteiger partial charge on any atom is -0.393 e. The molecule has 1 saturated heterocycles. The standard InChI is InChI=1S/C13H22F3NO/c14-13(15,16)11-6-5-10(18)9-12(11)17-7-3-1-2-4-8-17/h10-12,18H,1-9H2. The molecule has 0 amide bonds. The first-order chi connectivity index (χ1) is 8.48. The third-order valence-electron chi connectivity index (χ3n) is 4.32. The topological polar surface area (TPSA) is 23.5 Å². The number of nitrogens with zero attached hydrogens (tertiary/aromatic N) is 1. The quantitative estimate of drug-likeness (QED) is 0.788. The van der Waals surface area contributed by atoms with Crippen LogP contribution in [0.3, 0.4) is 0 Å². The van der Waals surface area contributed by atoms with E-state index in [2.05, 4.69) is 0 Å². The lowest BCUT2D eigenvalue weighted by molar-refractivity contribution is -0.204. The average Bonchev–Trinajstić information content (AvgIpc) is 2.55. The van der Waals surface area contributed by atoms with E-state index in [-0.39, 0.29) is 19.3 Å². The summed E-state index contributed by atoms with van der Waals surface area (Å²) >= 11 is 0. The van der Waals surface area contributed by atoms with Gasteiger partial charge < -0.3 is 5.11 Å². The molecule has 3 atom stereocenters. The number of alkyl halides is 3. The molecule has 0 aromatic rings. The van der Waals surface area contributed by atoms with Gasteiger partial charge in [-0.1, -0.05) is 12.8 Å². The molecule has 0 radical (unpaired) electrons. The summed E-state index contributed by atoms with van der Waals surface area (Å²) in [5.41, 5.74) is 0. The molecule has 3 unspecified atom stereocenters. The minimum absolute atomic E-state index is 0.0752. The van der Waals surface area contributed by atoms with E-state index in [1.54, 1.807) is 0 Å². The maximum atomic E-state index is 13.1. The Morgan fingerprint density at radius 2 is 1.56 bits per heavy atom. The number of halogens is 3. The fourth-order valence-electron chi connectivity index (χ4n) is 3.34. The molecule has 106 valence electrons. The number of hydrogen-bond donors (Lipinski definition) is 1. The molecule has 1 saturated carbocycles. The van der Waals surface area contributed by atoms with Crippen molar-refractivity contribution in [1.82, 2.24) is 4.90 Å².